The second-order valence-corrected chi connectivity index (χ2v) is 10.7. The summed E-state index contributed by atoms with van der Waals surface area (Å²) in [4.78, 5) is 17.1. The van der Waals surface area contributed by atoms with Crippen molar-refractivity contribution < 1.29 is 13.2 Å². The molecule has 27 heavy (non-hydrogen) atoms. The third-order valence-electron chi connectivity index (χ3n) is 4.79. The summed E-state index contributed by atoms with van der Waals surface area (Å²) < 4.78 is 25.0. The Balaban J connectivity index is 1.45. The third kappa shape index (κ3) is 4.35. The molecule has 4 rings (SSSR count). The molecule has 0 spiro atoms. The Morgan fingerprint density at radius 3 is 2.63 bits per heavy atom. The Morgan fingerprint density at radius 1 is 1.26 bits per heavy atom. The number of hydrogen-bond acceptors (Lipinski definition) is 6. The van der Waals surface area contributed by atoms with Gasteiger partial charge in [-0.3, -0.25) is 4.79 Å². The minimum absolute atomic E-state index is 0.0306. The van der Waals surface area contributed by atoms with Gasteiger partial charge in [-0.25, -0.2) is 18.1 Å². The van der Waals surface area contributed by atoms with Gasteiger partial charge in [-0.05, 0) is 38.3 Å². The Bertz CT molecular complexity index is 939. The quantitative estimate of drug-likeness (QED) is 0.737. The summed E-state index contributed by atoms with van der Waals surface area (Å²) in [5, 5.41) is 7.63. The standard InChI is InChI=1S/C18H22N4O3S2/c1-12(17(23)19-14-9-10-27(24,25)11-14)26-18-20-16(13-7-8-13)22(21-18)15-5-3-2-4-6-15/h2-6,12-14H,7-11H2,1H3,(H,19,23)/t12-,14+/m1/s1. The van der Waals surface area contributed by atoms with Crippen LogP contribution >= 0.6 is 11.8 Å². The first-order chi connectivity index (χ1) is 12.9. The van der Waals surface area contributed by atoms with Gasteiger partial charge in [0, 0.05) is 12.0 Å². The summed E-state index contributed by atoms with van der Waals surface area (Å²) >= 11 is 1.31. The lowest BCUT2D eigenvalue weighted by molar-refractivity contribution is -0.120. The van der Waals surface area contributed by atoms with Gasteiger partial charge in [0.25, 0.3) is 0 Å². The van der Waals surface area contributed by atoms with Crippen LogP contribution in [0.3, 0.4) is 0 Å². The molecular formula is C18H22N4O3S2. The van der Waals surface area contributed by atoms with Crippen LogP contribution in [0.5, 0.6) is 0 Å². The molecule has 2 aromatic rings. The number of sulfone groups is 1. The van der Waals surface area contributed by atoms with Crippen molar-refractivity contribution in [1.29, 1.82) is 0 Å². The topological polar surface area (TPSA) is 93.9 Å². The number of carbonyl (C=O) groups is 1. The van der Waals surface area contributed by atoms with E-state index in [9.17, 15) is 13.2 Å². The van der Waals surface area contributed by atoms with Crippen molar-refractivity contribution in [1.82, 2.24) is 20.1 Å². The molecule has 1 amide bonds. The zero-order valence-corrected chi connectivity index (χ0v) is 16.7. The lowest BCUT2D eigenvalue weighted by atomic mass is 10.2. The summed E-state index contributed by atoms with van der Waals surface area (Å²) in [5.41, 5.74) is 0.965. The molecule has 2 heterocycles. The molecule has 1 N–H and O–H groups in total. The molecule has 2 fully saturated rings. The van der Waals surface area contributed by atoms with Crippen LogP contribution in [0, 0.1) is 0 Å². The maximum Gasteiger partial charge on any atom is 0.233 e. The summed E-state index contributed by atoms with van der Waals surface area (Å²) in [6.07, 6.45) is 2.71. The van der Waals surface area contributed by atoms with Crippen LogP contribution in [0.25, 0.3) is 5.69 Å². The number of thioether (sulfide) groups is 1. The molecule has 1 aromatic heterocycles. The number of benzene rings is 1. The molecule has 0 unspecified atom stereocenters. The fraction of sp³-hybridized carbons (Fsp3) is 0.500. The van der Waals surface area contributed by atoms with Crippen LogP contribution in [0.1, 0.15) is 37.9 Å². The number of rotatable bonds is 6. The highest BCUT2D eigenvalue weighted by atomic mass is 32.2. The van der Waals surface area contributed by atoms with E-state index in [1.807, 2.05) is 35.0 Å². The van der Waals surface area contributed by atoms with E-state index >= 15 is 0 Å². The van der Waals surface area contributed by atoms with Gasteiger partial charge in [-0.2, -0.15) is 0 Å². The van der Waals surface area contributed by atoms with Crippen molar-refractivity contribution in [2.75, 3.05) is 11.5 Å². The molecule has 1 saturated carbocycles. The first-order valence-electron chi connectivity index (χ1n) is 9.11. The lowest BCUT2D eigenvalue weighted by Gasteiger charge is -2.14. The lowest BCUT2D eigenvalue weighted by Crippen LogP contribution is -2.39. The van der Waals surface area contributed by atoms with Crippen molar-refractivity contribution in [3.63, 3.8) is 0 Å². The normalized spacial score (nSPS) is 22.5. The van der Waals surface area contributed by atoms with E-state index in [-0.39, 0.29) is 23.5 Å². The second kappa shape index (κ2) is 7.27. The zero-order chi connectivity index (χ0) is 19.0. The molecule has 0 radical (unpaired) electrons. The highest BCUT2D eigenvalue weighted by molar-refractivity contribution is 8.00. The molecule has 1 aliphatic carbocycles. The van der Waals surface area contributed by atoms with Gasteiger partial charge in [-0.15, -0.1) is 5.10 Å². The summed E-state index contributed by atoms with van der Waals surface area (Å²) in [6.45, 7) is 1.80. The fourth-order valence-electron chi connectivity index (χ4n) is 3.16. The van der Waals surface area contributed by atoms with Gasteiger partial charge < -0.3 is 5.32 Å². The van der Waals surface area contributed by atoms with Gasteiger partial charge in [0.15, 0.2) is 9.84 Å². The van der Waals surface area contributed by atoms with E-state index < -0.39 is 15.1 Å². The maximum absolute atomic E-state index is 12.4. The van der Waals surface area contributed by atoms with E-state index in [4.69, 9.17) is 0 Å². The molecular weight excluding hydrogens is 384 g/mol. The number of aromatic nitrogens is 3. The van der Waals surface area contributed by atoms with Gasteiger partial charge >= 0.3 is 0 Å². The minimum atomic E-state index is -3.01. The van der Waals surface area contributed by atoms with Crippen molar-refractivity contribution in [2.45, 2.75) is 48.6 Å². The molecule has 7 nitrogen and oxygen atoms in total. The van der Waals surface area contributed by atoms with Crippen LogP contribution in [-0.4, -0.2) is 51.9 Å². The molecule has 144 valence electrons. The van der Waals surface area contributed by atoms with E-state index in [1.54, 1.807) is 6.92 Å². The van der Waals surface area contributed by atoms with Gasteiger partial charge in [0.2, 0.25) is 11.1 Å². The number of nitrogens with zero attached hydrogens (tertiary/aromatic N) is 3. The average Bonchev–Trinajstić information content (AvgIpc) is 3.31. The van der Waals surface area contributed by atoms with E-state index in [2.05, 4.69) is 15.4 Å². The predicted molar refractivity (Wildman–Crippen MR) is 104 cm³/mol. The fourth-order valence-corrected chi connectivity index (χ4v) is 5.60. The summed E-state index contributed by atoms with van der Waals surface area (Å²) in [7, 11) is -3.01. The number of carbonyl (C=O) groups excluding carboxylic acids is 1. The van der Waals surface area contributed by atoms with Crippen LogP contribution < -0.4 is 5.32 Å². The third-order valence-corrected chi connectivity index (χ3v) is 7.51. The molecule has 1 aliphatic heterocycles. The number of hydrogen-bond donors (Lipinski definition) is 1. The van der Waals surface area contributed by atoms with E-state index in [1.165, 1.54) is 11.8 Å². The van der Waals surface area contributed by atoms with Crippen molar-refractivity contribution in [3.8, 4) is 5.69 Å². The zero-order valence-electron chi connectivity index (χ0n) is 15.0. The summed E-state index contributed by atoms with van der Waals surface area (Å²) in [5.74, 6) is 1.38. The smallest absolute Gasteiger partial charge is 0.233 e. The number of para-hydroxylation sites is 1. The molecule has 1 aromatic carbocycles. The second-order valence-electron chi connectivity index (χ2n) is 7.14. The van der Waals surface area contributed by atoms with Crippen LogP contribution in [0.2, 0.25) is 0 Å². The summed E-state index contributed by atoms with van der Waals surface area (Å²) in [6, 6.07) is 9.58. The van der Waals surface area contributed by atoms with Crippen molar-refractivity contribution >= 4 is 27.5 Å². The maximum atomic E-state index is 12.4. The largest absolute Gasteiger partial charge is 0.351 e. The van der Waals surface area contributed by atoms with Crippen molar-refractivity contribution in [3.05, 3.63) is 36.2 Å². The Kier molecular flexibility index (Phi) is 4.98. The Labute approximate surface area is 162 Å². The Hall–Kier alpha value is -1.87. The highest BCUT2D eigenvalue weighted by Crippen LogP contribution is 2.40. The predicted octanol–water partition coefficient (Wildman–Crippen LogP) is 1.93. The van der Waals surface area contributed by atoms with Gasteiger partial charge in [0.05, 0.1) is 22.4 Å². The van der Waals surface area contributed by atoms with Crippen molar-refractivity contribution in [2.24, 2.45) is 0 Å². The number of nitrogens with one attached hydrogen (secondary N) is 1. The first kappa shape index (κ1) is 18.5. The monoisotopic (exact) mass is 406 g/mol. The Morgan fingerprint density at radius 2 is 2.00 bits per heavy atom. The van der Waals surface area contributed by atoms with E-state index in [0.717, 1.165) is 24.4 Å². The average molecular weight is 407 g/mol. The van der Waals surface area contributed by atoms with Gasteiger partial charge in [-0.1, -0.05) is 30.0 Å². The highest BCUT2D eigenvalue weighted by Gasteiger charge is 2.32. The van der Waals surface area contributed by atoms with Crippen LogP contribution in [0.15, 0.2) is 35.5 Å². The minimum Gasteiger partial charge on any atom is -0.351 e. The molecule has 2 aliphatic rings. The number of amides is 1. The van der Waals surface area contributed by atoms with E-state index in [0.29, 0.717) is 17.5 Å². The SMILES string of the molecule is C[C@@H](Sc1nc(C2CC2)n(-c2ccccc2)n1)C(=O)N[C@H]1CCS(=O)(=O)C1. The molecule has 1 saturated heterocycles. The molecule has 2 atom stereocenters. The van der Waals surface area contributed by atoms with Gasteiger partial charge in [0.1, 0.15) is 5.82 Å². The first-order valence-corrected chi connectivity index (χ1v) is 11.8. The van der Waals surface area contributed by atoms with Crippen LogP contribution in [0.4, 0.5) is 0 Å². The molecule has 0 bridgehead atoms. The molecule has 9 heteroatoms. The van der Waals surface area contributed by atoms with Crippen LogP contribution in [-0.2, 0) is 14.6 Å².